The number of nitrogens with zero attached hydrogens (tertiary/aromatic N) is 1. The zero-order chi connectivity index (χ0) is 19.6. The quantitative estimate of drug-likeness (QED) is 0.564. The maximum absolute atomic E-state index is 14.0. The van der Waals surface area contributed by atoms with E-state index < -0.39 is 29.9 Å². The fourth-order valence-electron chi connectivity index (χ4n) is 2.85. The van der Waals surface area contributed by atoms with Gasteiger partial charge < -0.3 is 10.5 Å². The molecule has 1 heterocycles. The molecule has 1 aliphatic heterocycles. The molecule has 27 heavy (non-hydrogen) atoms. The van der Waals surface area contributed by atoms with Gasteiger partial charge in [-0.05, 0) is 25.0 Å². The molecular formula is C18H16F2N2O4S. The van der Waals surface area contributed by atoms with Crippen LogP contribution in [-0.4, -0.2) is 41.5 Å². The molecule has 2 N–H and O–H groups in total. The van der Waals surface area contributed by atoms with E-state index in [4.69, 9.17) is 10.5 Å². The van der Waals surface area contributed by atoms with Crippen molar-refractivity contribution in [1.29, 1.82) is 0 Å². The standard InChI is InChI=1S/C18H16F2N2O4S/c19-13-7-10(8-14(20)16(13)26-9-15(21)23)27-6-5-22-17(24)11-3-1-2-4-12(11)18(22)25/h1,3,7-8H,2,4-6,9H2,(H2,21,23). The number of nitrogens with two attached hydrogens (primary N) is 1. The molecule has 0 bridgehead atoms. The third kappa shape index (κ3) is 4.02. The molecule has 0 atom stereocenters. The van der Waals surface area contributed by atoms with Crippen LogP contribution < -0.4 is 10.5 Å². The van der Waals surface area contributed by atoms with Gasteiger partial charge in [0.2, 0.25) is 0 Å². The zero-order valence-electron chi connectivity index (χ0n) is 14.2. The van der Waals surface area contributed by atoms with Crippen molar-refractivity contribution in [2.45, 2.75) is 17.7 Å². The molecule has 0 unspecified atom stereocenters. The van der Waals surface area contributed by atoms with Gasteiger partial charge in [0.1, 0.15) is 0 Å². The largest absolute Gasteiger partial charge is 0.478 e. The number of allylic oxidation sites excluding steroid dienone is 1. The van der Waals surface area contributed by atoms with Crippen molar-refractivity contribution in [3.8, 4) is 5.75 Å². The highest BCUT2D eigenvalue weighted by molar-refractivity contribution is 7.99. The second-order valence-electron chi connectivity index (χ2n) is 5.91. The van der Waals surface area contributed by atoms with Crippen molar-refractivity contribution in [3.63, 3.8) is 0 Å². The van der Waals surface area contributed by atoms with E-state index in [-0.39, 0.29) is 29.0 Å². The van der Waals surface area contributed by atoms with Gasteiger partial charge in [0.05, 0.1) is 0 Å². The van der Waals surface area contributed by atoms with Crippen LogP contribution in [0.1, 0.15) is 12.8 Å². The average molecular weight is 394 g/mol. The number of hydrogen-bond acceptors (Lipinski definition) is 5. The fraction of sp³-hybridized carbons (Fsp3) is 0.278. The predicted molar refractivity (Wildman–Crippen MR) is 93.9 cm³/mol. The van der Waals surface area contributed by atoms with Gasteiger partial charge in [0.15, 0.2) is 24.0 Å². The second-order valence-corrected chi connectivity index (χ2v) is 7.08. The number of ether oxygens (including phenoxy) is 1. The topological polar surface area (TPSA) is 89.7 Å². The van der Waals surface area contributed by atoms with E-state index in [0.717, 1.165) is 35.2 Å². The Bertz CT molecular complexity index is 859. The SMILES string of the molecule is NC(=O)COc1c(F)cc(SCCN2C(=O)C3=C(CCC=C3)C2=O)cc1F. The molecular weight excluding hydrogens is 378 g/mol. The Kier molecular flexibility index (Phi) is 5.59. The lowest BCUT2D eigenvalue weighted by Crippen LogP contribution is -2.33. The molecule has 0 fully saturated rings. The lowest BCUT2D eigenvalue weighted by Gasteiger charge is -2.15. The number of hydrogen-bond donors (Lipinski definition) is 1. The van der Waals surface area contributed by atoms with Crippen LogP contribution in [-0.2, 0) is 14.4 Å². The summed E-state index contributed by atoms with van der Waals surface area (Å²) in [6.07, 6.45) is 4.80. The second kappa shape index (κ2) is 7.91. The number of carbonyl (C=O) groups is 3. The van der Waals surface area contributed by atoms with Gasteiger partial charge in [-0.15, -0.1) is 11.8 Å². The van der Waals surface area contributed by atoms with Crippen LogP contribution >= 0.6 is 11.8 Å². The average Bonchev–Trinajstić information content (AvgIpc) is 2.86. The molecule has 1 aliphatic carbocycles. The van der Waals surface area contributed by atoms with Crippen LogP contribution in [0, 0.1) is 11.6 Å². The molecule has 0 saturated heterocycles. The summed E-state index contributed by atoms with van der Waals surface area (Å²) in [4.78, 5) is 36.7. The summed E-state index contributed by atoms with van der Waals surface area (Å²) in [5.74, 6) is -3.80. The Morgan fingerprint density at radius 1 is 1.22 bits per heavy atom. The molecule has 0 saturated carbocycles. The van der Waals surface area contributed by atoms with Gasteiger partial charge >= 0.3 is 0 Å². The number of amides is 3. The first-order valence-corrected chi connectivity index (χ1v) is 9.16. The smallest absolute Gasteiger partial charge is 0.261 e. The Hall–Kier alpha value is -2.68. The first-order chi connectivity index (χ1) is 12.9. The minimum atomic E-state index is -0.964. The molecule has 6 nitrogen and oxygen atoms in total. The monoisotopic (exact) mass is 394 g/mol. The highest BCUT2D eigenvalue weighted by Gasteiger charge is 2.36. The van der Waals surface area contributed by atoms with E-state index in [0.29, 0.717) is 17.6 Å². The van der Waals surface area contributed by atoms with Crippen molar-refractivity contribution in [2.24, 2.45) is 5.73 Å². The number of rotatable bonds is 7. The van der Waals surface area contributed by atoms with Crippen LogP contribution in [0.25, 0.3) is 0 Å². The molecule has 142 valence electrons. The number of primary amides is 1. The van der Waals surface area contributed by atoms with Crippen molar-refractivity contribution in [3.05, 3.63) is 47.1 Å². The molecule has 0 radical (unpaired) electrons. The van der Waals surface area contributed by atoms with Crippen molar-refractivity contribution in [2.75, 3.05) is 18.9 Å². The number of imide groups is 1. The first kappa shape index (κ1) is 19.1. The number of benzene rings is 1. The van der Waals surface area contributed by atoms with Crippen LogP contribution in [0.3, 0.4) is 0 Å². The molecule has 2 aliphatic rings. The number of carbonyl (C=O) groups excluding carboxylic acids is 3. The van der Waals surface area contributed by atoms with Crippen LogP contribution in [0.5, 0.6) is 5.75 Å². The highest BCUT2D eigenvalue weighted by atomic mass is 32.2. The van der Waals surface area contributed by atoms with Crippen LogP contribution in [0.2, 0.25) is 0 Å². The fourth-order valence-corrected chi connectivity index (χ4v) is 3.73. The lowest BCUT2D eigenvalue weighted by molar-refractivity contribution is -0.137. The van der Waals surface area contributed by atoms with E-state index >= 15 is 0 Å². The lowest BCUT2D eigenvalue weighted by atomic mass is 10.00. The van der Waals surface area contributed by atoms with Crippen LogP contribution in [0.15, 0.2) is 40.3 Å². The van der Waals surface area contributed by atoms with E-state index in [1.54, 1.807) is 6.08 Å². The van der Waals surface area contributed by atoms with E-state index in [1.807, 2.05) is 6.08 Å². The minimum Gasteiger partial charge on any atom is -0.478 e. The Morgan fingerprint density at radius 3 is 2.56 bits per heavy atom. The minimum absolute atomic E-state index is 0.131. The molecule has 3 rings (SSSR count). The summed E-state index contributed by atoms with van der Waals surface area (Å²) in [6.45, 7) is -0.502. The van der Waals surface area contributed by atoms with E-state index in [9.17, 15) is 23.2 Å². The molecule has 1 aromatic rings. The predicted octanol–water partition coefficient (Wildman–Crippen LogP) is 1.94. The highest BCUT2D eigenvalue weighted by Crippen LogP contribution is 2.31. The van der Waals surface area contributed by atoms with Gasteiger partial charge in [-0.1, -0.05) is 12.2 Å². The Labute approximate surface area is 158 Å². The van der Waals surface area contributed by atoms with Gasteiger partial charge in [-0.2, -0.15) is 0 Å². The molecule has 3 amide bonds. The summed E-state index contributed by atoms with van der Waals surface area (Å²) in [5.41, 5.74) is 5.84. The molecule has 0 spiro atoms. The number of halogens is 2. The Morgan fingerprint density at radius 2 is 1.93 bits per heavy atom. The van der Waals surface area contributed by atoms with Gasteiger partial charge in [-0.3, -0.25) is 19.3 Å². The molecule has 9 heteroatoms. The summed E-state index contributed by atoms with van der Waals surface area (Å²) in [6, 6.07) is 2.12. The van der Waals surface area contributed by atoms with Crippen molar-refractivity contribution >= 4 is 29.5 Å². The van der Waals surface area contributed by atoms with Gasteiger partial charge in [0.25, 0.3) is 17.7 Å². The van der Waals surface area contributed by atoms with Crippen LogP contribution in [0.4, 0.5) is 8.78 Å². The Balaban J connectivity index is 1.60. The zero-order valence-corrected chi connectivity index (χ0v) is 15.0. The van der Waals surface area contributed by atoms with Gasteiger partial charge in [0, 0.05) is 28.3 Å². The third-order valence-electron chi connectivity index (χ3n) is 4.06. The summed E-state index contributed by atoms with van der Waals surface area (Å²) >= 11 is 1.10. The summed E-state index contributed by atoms with van der Waals surface area (Å²) < 4.78 is 32.6. The van der Waals surface area contributed by atoms with E-state index in [2.05, 4.69) is 0 Å². The van der Waals surface area contributed by atoms with Crippen molar-refractivity contribution < 1.29 is 27.9 Å². The maximum Gasteiger partial charge on any atom is 0.261 e. The first-order valence-electron chi connectivity index (χ1n) is 8.17. The summed E-state index contributed by atoms with van der Waals surface area (Å²) in [7, 11) is 0. The maximum atomic E-state index is 14.0. The normalized spacial score (nSPS) is 16.1. The summed E-state index contributed by atoms with van der Waals surface area (Å²) in [5, 5.41) is 0. The third-order valence-corrected chi connectivity index (χ3v) is 5.02. The van der Waals surface area contributed by atoms with Gasteiger partial charge in [-0.25, -0.2) is 8.78 Å². The number of thioether (sulfide) groups is 1. The van der Waals surface area contributed by atoms with Crippen molar-refractivity contribution in [1.82, 2.24) is 4.90 Å². The molecule has 0 aromatic heterocycles. The van der Waals surface area contributed by atoms with E-state index in [1.165, 1.54) is 0 Å². The molecule has 1 aromatic carbocycles.